The maximum atomic E-state index is 12.4. The van der Waals surface area contributed by atoms with Crippen LogP contribution in [0.15, 0.2) is 53.1 Å². The number of hydrogen-bond donors (Lipinski definition) is 2. The maximum Gasteiger partial charge on any atom is 0.338 e. The zero-order chi connectivity index (χ0) is 20.8. The molecule has 8 heteroatoms. The number of nitrogens with zero attached hydrogens (tertiary/aromatic N) is 1. The lowest BCUT2D eigenvalue weighted by Crippen LogP contribution is -2.46. The Kier molecular flexibility index (Phi) is 6.23. The molecule has 0 fully saturated rings. The molecule has 8 nitrogen and oxygen atoms in total. The quantitative estimate of drug-likeness (QED) is 0.594. The van der Waals surface area contributed by atoms with Gasteiger partial charge >= 0.3 is 5.97 Å². The number of benzene rings is 2. The van der Waals surface area contributed by atoms with Crippen LogP contribution in [0.5, 0.6) is 0 Å². The summed E-state index contributed by atoms with van der Waals surface area (Å²) in [4.78, 5) is 35.9. The van der Waals surface area contributed by atoms with Gasteiger partial charge in [-0.2, -0.15) is 0 Å². The first kappa shape index (κ1) is 20.1. The number of hydrogen-bond acceptors (Lipinski definition) is 6. The van der Waals surface area contributed by atoms with Gasteiger partial charge in [0, 0.05) is 12.1 Å². The standard InChI is InChI=1S/C21H21N3O5/c1-3-22-20(26)13(2)23-18(25)12-28-21(27)15-9-10-17-16(11-15)19(29-24-17)14-7-5-4-6-8-14/h4-11,13H,3,12H2,1-2H3,(H,22,26)(H,23,25)/t13-/m1/s1. The molecule has 1 aromatic heterocycles. The number of fused-ring (bicyclic) bond motifs is 1. The van der Waals surface area contributed by atoms with Crippen LogP contribution in [0.1, 0.15) is 24.2 Å². The Labute approximate surface area is 167 Å². The van der Waals surface area contributed by atoms with E-state index in [4.69, 9.17) is 9.26 Å². The van der Waals surface area contributed by atoms with Crippen LogP contribution in [0.3, 0.4) is 0 Å². The molecule has 29 heavy (non-hydrogen) atoms. The van der Waals surface area contributed by atoms with Crippen LogP contribution >= 0.6 is 0 Å². The second kappa shape index (κ2) is 9.01. The van der Waals surface area contributed by atoms with Gasteiger partial charge in [-0.1, -0.05) is 35.5 Å². The van der Waals surface area contributed by atoms with E-state index >= 15 is 0 Å². The van der Waals surface area contributed by atoms with Crippen LogP contribution in [-0.4, -0.2) is 42.1 Å². The van der Waals surface area contributed by atoms with Gasteiger partial charge in [0.25, 0.3) is 5.91 Å². The Morgan fingerprint density at radius 2 is 1.90 bits per heavy atom. The summed E-state index contributed by atoms with van der Waals surface area (Å²) in [5.41, 5.74) is 1.70. The summed E-state index contributed by atoms with van der Waals surface area (Å²) in [6, 6.07) is 13.5. The molecule has 2 N–H and O–H groups in total. The molecule has 0 aliphatic heterocycles. The van der Waals surface area contributed by atoms with E-state index < -0.39 is 24.5 Å². The average molecular weight is 395 g/mol. The number of ether oxygens (including phenoxy) is 1. The van der Waals surface area contributed by atoms with E-state index in [2.05, 4.69) is 15.8 Å². The molecule has 1 heterocycles. The number of esters is 1. The predicted octanol–water partition coefficient (Wildman–Crippen LogP) is 2.29. The maximum absolute atomic E-state index is 12.4. The third kappa shape index (κ3) is 4.78. The number of aromatic nitrogens is 1. The molecule has 0 aliphatic rings. The van der Waals surface area contributed by atoms with Crippen molar-refractivity contribution in [3.63, 3.8) is 0 Å². The summed E-state index contributed by atoms with van der Waals surface area (Å²) >= 11 is 0. The highest BCUT2D eigenvalue weighted by atomic mass is 16.5. The SMILES string of the molecule is CCNC(=O)[C@@H](C)NC(=O)COC(=O)c1ccc2noc(-c3ccccc3)c2c1. The number of carbonyl (C=O) groups is 3. The molecule has 0 aliphatic carbocycles. The average Bonchev–Trinajstić information content (AvgIpc) is 3.16. The molecule has 3 aromatic rings. The van der Waals surface area contributed by atoms with Crippen molar-refractivity contribution in [3.05, 3.63) is 54.1 Å². The fourth-order valence-corrected chi connectivity index (χ4v) is 2.76. The first-order chi connectivity index (χ1) is 14.0. The number of carbonyl (C=O) groups excluding carboxylic acids is 3. The van der Waals surface area contributed by atoms with E-state index in [0.29, 0.717) is 23.2 Å². The lowest BCUT2D eigenvalue weighted by Gasteiger charge is -2.13. The van der Waals surface area contributed by atoms with Gasteiger partial charge in [0.1, 0.15) is 11.6 Å². The third-order valence-electron chi connectivity index (χ3n) is 4.20. The zero-order valence-electron chi connectivity index (χ0n) is 16.1. The lowest BCUT2D eigenvalue weighted by atomic mass is 10.1. The van der Waals surface area contributed by atoms with Crippen molar-refractivity contribution in [1.29, 1.82) is 0 Å². The van der Waals surface area contributed by atoms with Gasteiger partial charge in [0.15, 0.2) is 12.4 Å². The van der Waals surface area contributed by atoms with Crippen molar-refractivity contribution in [2.24, 2.45) is 0 Å². The lowest BCUT2D eigenvalue weighted by molar-refractivity contribution is -0.130. The fraction of sp³-hybridized carbons (Fsp3) is 0.238. The first-order valence-corrected chi connectivity index (χ1v) is 9.18. The second-order valence-electron chi connectivity index (χ2n) is 6.37. The largest absolute Gasteiger partial charge is 0.452 e. The molecular weight excluding hydrogens is 374 g/mol. The summed E-state index contributed by atoms with van der Waals surface area (Å²) in [7, 11) is 0. The zero-order valence-corrected chi connectivity index (χ0v) is 16.1. The molecule has 0 saturated heterocycles. The van der Waals surface area contributed by atoms with Crippen molar-refractivity contribution in [1.82, 2.24) is 15.8 Å². The normalized spacial score (nSPS) is 11.7. The fourth-order valence-electron chi connectivity index (χ4n) is 2.76. The van der Waals surface area contributed by atoms with Crippen molar-refractivity contribution in [2.45, 2.75) is 19.9 Å². The Bertz CT molecular complexity index is 1030. The summed E-state index contributed by atoms with van der Waals surface area (Å²) in [5.74, 6) is -0.983. The Hall–Kier alpha value is -3.68. The number of rotatable bonds is 7. The van der Waals surface area contributed by atoms with Crippen molar-refractivity contribution >= 4 is 28.7 Å². The van der Waals surface area contributed by atoms with Crippen molar-refractivity contribution in [2.75, 3.05) is 13.2 Å². The number of amides is 2. The third-order valence-corrected chi connectivity index (χ3v) is 4.20. The van der Waals surface area contributed by atoms with Gasteiger partial charge in [0.2, 0.25) is 5.91 Å². The summed E-state index contributed by atoms with van der Waals surface area (Å²) in [5, 5.41) is 9.74. The van der Waals surface area contributed by atoms with Gasteiger partial charge < -0.3 is 19.9 Å². The van der Waals surface area contributed by atoms with Gasteiger partial charge in [-0.25, -0.2) is 4.79 Å². The highest BCUT2D eigenvalue weighted by Gasteiger charge is 2.18. The Morgan fingerprint density at radius 1 is 1.14 bits per heavy atom. The molecule has 0 bridgehead atoms. The molecule has 1 atom stereocenters. The Balaban J connectivity index is 1.67. The summed E-state index contributed by atoms with van der Waals surface area (Å²) in [6.07, 6.45) is 0. The molecular formula is C21H21N3O5. The number of likely N-dealkylation sites (N-methyl/N-ethyl adjacent to an activating group) is 1. The molecule has 0 radical (unpaired) electrons. The van der Waals surface area contributed by atoms with E-state index in [9.17, 15) is 14.4 Å². The van der Waals surface area contributed by atoms with Crippen LogP contribution in [0.25, 0.3) is 22.2 Å². The minimum atomic E-state index is -0.720. The van der Waals surface area contributed by atoms with Crippen LogP contribution in [0, 0.1) is 0 Å². The Morgan fingerprint density at radius 3 is 2.62 bits per heavy atom. The molecule has 150 valence electrons. The molecule has 3 rings (SSSR count). The van der Waals surface area contributed by atoms with E-state index in [1.54, 1.807) is 32.0 Å². The van der Waals surface area contributed by atoms with Crippen molar-refractivity contribution < 1.29 is 23.6 Å². The van der Waals surface area contributed by atoms with Crippen LogP contribution in [0.4, 0.5) is 0 Å². The number of nitrogens with one attached hydrogen (secondary N) is 2. The minimum absolute atomic E-state index is 0.266. The van der Waals surface area contributed by atoms with Crippen LogP contribution in [0.2, 0.25) is 0 Å². The van der Waals surface area contributed by atoms with E-state index in [1.165, 1.54) is 0 Å². The van der Waals surface area contributed by atoms with E-state index in [-0.39, 0.29) is 11.5 Å². The highest BCUT2D eigenvalue weighted by Crippen LogP contribution is 2.29. The highest BCUT2D eigenvalue weighted by molar-refractivity contribution is 5.99. The van der Waals surface area contributed by atoms with Gasteiger partial charge in [0.05, 0.1) is 10.9 Å². The second-order valence-corrected chi connectivity index (χ2v) is 6.37. The molecule has 0 unspecified atom stereocenters. The van der Waals surface area contributed by atoms with E-state index in [0.717, 1.165) is 5.56 Å². The topological polar surface area (TPSA) is 111 Å². The minimum Gasteiger partial charge on any atom is -0.452 e. The predicted molar refractivity (Wildman–Crippen MR) is 106 cm³/mol. The van der Waals surface area contributed by atoms with Gasteiger partial charge in [-0.3, -0.25) is 9.59 Å². The molecule has 2 aromatic carbocycles. The van der Waals surface area contributed by atoms with Crippen molar-refractivity contribution in [3.8, 4) is 11.3 Å². The van der Waals surface area contributed by atoms with Crippen LogP contribution in [-0.2, 0) is 14.3 Å². The monoisotopic (exact) mass is 395 g/mol. The molecule has 2 amide bonds. The van der Waals surface area contributed by atoms with Gasteiger partial charge in [-0.05, 0) is 32.0 Å². The molecule has 0 saturated carbocycles. The summed E-state index contributed by atoms with van der Waals surface area (Å²) in [6.45, 7) is 3.31. The molecule has 0 spiro atoms. The van der Waals surface area contributed by atoms with E-state index in [1.807, 2.05) is 30.3 Å². The van der Waals surface area contributed by atoms with Gasteiger partial charge in [-0.15, -0.1) is 0 Å². The summed E-state index contributed by atoms with van der Waals surface area (Å²) < 4.78 is 10.5. The first-order valence-electron chi connectivity index (χ1n) is 9.18. The van der Waals surface area contributed by atoms with Crippen LogP contribution < -0.4 is 10.6 Å². The smallest absolute Gasteiger partial charge is 0.338 e.